The fraction of sp³-hybridized carbons (Fsp3) is 0.167. The number of aromatic carboxylic acids is 1. The number of aryl methyl sites for hydroxylation is 1. The first-order chi connectivity index (χ1) is 8.52. The van der Waals surface area contributed by atoms with E-state index in [0.29, 0.717) is 22.3 Å². The zero-order chi connectivity index (χ0) is 13.3. The van der Waals surface area contributed by atoms with E-state index in [1.54, 1.807) is 18.2 Å². The summed E-state index contributed by atoms with van der Waals surface area (Å²) in [4.78, 5) is 11.0. The van der Waals surface area contributed by atoms with Crippen LogP contribution in [0, 0.1) is 0 Å². The van der Waals surface area contributed by atoms with Gasteiger partial charge in [0.25, 0.3) is 0 Å². The van der Waals surface area contributed by atoms with E-state index in [1.807, 2.05) is 6.92 Å². The van der Waals surface area contributed by atoms with Crippen molar-refractivity contribution in [3.63, 3.8) is 0 Å². The summed E-state index contributed by atoms with van der Waals surface area (Å²) in [6.45, 7) is 2.32. The SMILES string of the molecule is CCn1nc(-c2ccc(Cl)c(Cl)c2)cc1C(=O)O. The lowest BCUT2D eigenvalue weighted by molar-refractivity contribution is 0.0683. The average molecular weight is 285 g/mol. The number of hydrogen-bond donors (Lipinski definition) is 1. The van der Waals surface area contributed by atoms with E-state index < -0.39 is 5.97 Å². The van der Waals surface area contributed by atoms with Gasteiger partial charge < -0.3 is 5.11 Å². The molecule has 0 unspecified atom stereocenters. The Labute approximate surface area is 114 Å². The van der Waals surface area contributed by atoms with Gasteiger partial charge in [0.05, 0.1) is 15.7 Å². The molecule has 0 fully saturated rings. The van der Waals surface area contributed by atoms with Gasteiger partial charge in [-0.25, -0.2) is 4.79 Å². The first-order valence-electron chi connectivity index (χ1n) is 5.29. The molecule has 6 heteroatoms. The molecule has 0 amide bonds. The Bertz CT molecular complexity index is 608. The van der Waals surface area contributed by atoms with Gasteiger partial charge in [-0.1, -0.05) is 29.3 Å². The molecular formula is C12H10Cl2N2O2. The van der Waals surface area contributed by atoms with Crippen molar-refractivity contribution in [1.82, 2.24) is 9.78 Å². The van der Waals surface area contributed by atoms with Crippen LogP contribution in [0.2, 0.25) is 10.0 Å². The fourth-order valence-electron chi connectivity index (χ4n) is 1.63. The lowest BCUT2D eigenvalue weighted by Crippen LogP contribution is -2.07. The van der Waals surface area contributed by atoms with Crippen molar-refractivity contribution in [2.45, 2.75) is 13.5 Å². The number of rotatable bonds is 3. The van der Waals surface area contributed by atoms with Gasteiger partial charge >= 0.3 is 5.97 Å². The van der Waals surface area contributed by atoms with Crippen molar-refractivity contribution in [2.24, 2.45) is 0 Å². The maximum absolute atomic E-state index is 11.0. The number of hydrogen-bond acceptors (Lipinski definition) is 2. The van der Waals surface area contributed by atoms with E-state index in [-0.39, 0.29) is 5.69 Å². The zero-order valence-electron chi connectivity index (χ0n) is 9.52. The van der Waals surface area contributed by atoms with E-state index in [0.717, 1.165) is 5.56 Å². The van der Waals surface area contributed by atoms with E-state index in [9.17, 15) is 4.79 Å². The molecule has 18 heavy (non-hydrogen) atoms. The normalized spacial score (nSPS) is 10.6. The Morgan fingerprint density at radius 1 is 1.33 bits per heavy atom. The topological polar surface area (TPSA) is 55.1 Å². The number of halogens is 2. The lowest BCUT2D eigenvalue weighted by atomic mass is 10.1. The third-order valence-electron chi connectivity index (χ3n) is 2.51. The van der Waals surface area contributed by atoms with Crippen LogP contribution in [0.4, 0.5) is 0 Å². The molecule has 1 aromatic carbocycles. The van der Waals surface area contributed by atoms with Crippen LogP contribution in [-0.2, 0) is 6.54 Å². The molecule has 4 nitrogen and oxygen atoms in total. The highest BCUT2D eigenvalue weighted by molar-refractivity contribution is 6.42. The molecule has 0 aliphatic carbocycles. The smallest absolute Gasteiger partial charge is 0.354 e. The minimum atomic E-state index is -1.00. The summed E-state index contributed by atoms with van der Waals surface area (Å²) >= 11 is 11.8. The Morgan fingerprint density at radius 2 is 2.06 bits per heavy atom. The Kier molecular flexibility index (Phi) is 3.59. The van der Waals surface area contributed by atoms with Crippen LogP contribution in [0.25, 0.3) is 11.3 Å². The van der Waals surface area contributed by atoms with Crippen LogP contribution in [-0.4, -0.2) is 20.9 Å². The minimum Gasteiger partial charge on any atom is -0.477 e. The van der Waals surface area contributed by atoms with E-state index in [4.69, 9.17) is 28.3 Å². The monoisotopic (exact) mass is 284 g/mol. The third-order valence-corrected chi connectivity index (χ3v) is 3.25. The summed E-state index contributed by atoms with van der Waals surface area (Å²) in [6, 6.07) is 6.59. The minimum absolute atomic E-state index is 0.151. The highest BCUT2D eigenvalue weighted by Crippen LogP contribution is 2.28. The number of benzene rings is 1. The predicted molar refractivity (Wildman–Crippen MR) is 70.3 cm³/mol. The van der Waals surface area contributed by atoms with Gasteiger partial charge in [0.15, 0.2) is 0 Å². The maximum Gasteiger partial charge on any atom is 0.354 e. The van der Waals surface area contributed by atoms with Crippen molar-refractivity contribution < 1.29 is 9.90 Å². The standard InChI is InChI=1S/C12H10Cl2N2O2/c1-2-16-11(12(17)18)6-10(15-16)7-3-4-8(13)9(14)5-7/h3-6H,2H2,1H3,(H,17,18). The number of nitrogens with zero attached hydrogens (tertiary/aromatic N) is 2. The summed E-state index contributed by atoms with van der Waals surface area (Å²) < 4.78 is 1.43. The molecule has 0 radical (unpaired) electrons. The summed E-state index contributed by atoms with van der Waals surface area (Å²) in [5.74, 6) is -1.00. The second-order valence-electron chi connectivity index (χ2n) is 3.66. The highest BCUT2D eigenvalue weighted by atomic mass is 35.5. The van der Waals surface area contributed by atoms with Crippen molar-refractivity contribution in [3.8, 4) is 11.3 Å². The Morgan fingerprint density at radius 3 is 2.56 bits per heavy atom. The van der Waals surface area contributed by atoms with Gasteiger partial charge in [0, 0.05) is 12.1 Å². The molecule has 1 heterocycles. The number of carboxylic acids is 1. The summed E-state index contributed by atoms with van der Waals surface area (Å²) in [5, 5.41) is 14.1. The Balaban J connectivity index is 2.50. The number of carbonyl (C=O) groups is 1. The average Bonchev–Trinajstić information content (AvgIpc) is 2.77. The van der Waals surface area contributed by atoms with Crippen LogP contribution < -0.4 is 0 Å². The van der Waals surface area contributed by atoms with E-state index in [2.05, 4.69) is 5.10 Å². The van der Waals surface area contributed by atoms with Gasteiger partial charge in [-0.05, 0) is 25.1 Å². The van der Waals surface area contributed by atoms with Crippen LogP contribution in [0.5, 0.6) is 0 Å². The maximum atomic E-state index is 11.0. The molecule has 0 spiro atoms. The highest BCUT2D eigenvalue weighted by Gasteiger charge is 2.14. The molecule has 0 aliphatic rings. The van der Waals surface area contributed by atoms with Crippen molar-refractivity contribution >= 4 is 29.2 Å². The summed E-state index contributed by atoms with van der Waals surface area (Å²) in [5.41, 5.74) is 1.45. The fourth-order valence-corrected chi connectivity index (χ4v) is 1.92. The van der Waals surface area contributed by atoms with Crippen LogP contribution >= 0.6 is 23.2 Å². The molecule has 0 aliphatic heterocycles. The quantitative estimate of drug-likeness (QED) is 0.937. The second-order valence-corrected chi connectivity index (χ2v) is 4.48. The molecular weight excluding hydrogens is 275 g/mol. The molecule has 0 atom stereocenters. The van der Waals surface area contributed by atoms with Crippen LogP contribution in [0.3, 0.4) is 0 Å². The molecule has 0 saturated heterocycles. The first kappa shape index (κ1) is 12.9. The first-order valence-corrected chi connectivity index (χ1v) is 6.05. The predicted octanol–water partition coefficient (Wildman–Crippen LogP) is 3.58. The molecule has 1 aromatic heterocycles. The summed E-state index contributed by atoms with van der Waals surface area (Å²) in [7, 11) is 0. The molecule has 0 bridgehead atoms. The van der Waals surface area contributed by atoms with E-state index >= 15 is 0 Å². The van der Waals surface area contributed by atoms with Crippen LogP contribution in [0.15, 0.2) is 24.3 Å². The van der Waals surface area contributed by atoms with Gasteiger partial charge in [-0.2, -0.15) is 5.10 Å². The summed E-state index contributed by atoms with van der Waals surface area (Å²) in [6.07, 6.45) is 0. The number of aromatic nitrogens is 2. The van der Waals surface area contributed by atoms with Gasteiger partial charge in [-0.15, -0.1) is 0 Å². The molecule has 1 N–H and O–H groups in total. The van der Waals surface area contributed by atoms with Gasteiger partial charge in [0.2, 0.25) is 0 Å². The van der Waals surface area contributed by atoms with Crippen molar-refractivity contribution in [3.05, 3.63) is 40.0 Å². The third kappa shape index (κ3) is 2.35. The lowest BCUT2D eigenvalue weighted by Gasteiger charge is -2.00. The van der Waals surface area contributed by atoms with Gasteiger partial charge in [0.1, 0.15) is 5.69 Å². The number of carboxylic acid groups (broad SMARTS) is 1. The molecule has 94 valence electrons. The largest absolute Gasteiger partial charge is 0.477 e. The zero-order valence-corrected chi connectivity index (χ0v) is 11.0. The Hall–Kier alpha value is -1.52. The van der Waals surface area contributed by atoms with Gasteiger partial charge in [-0.3, -0.25) is 4.68 Å². The van der Waals surface area contributed by atoms with Crippen LogP contribution in [0.1, 0.15) is 17.4 Å². The second kappa shape index (κ2) is 5.00. The van der Waals surface area contributed by atoms with Crippen molar-refractivity contribution in [2.75, 3.05) is 0 Å². The van der Waals surface area contributed by atoms with Crippen molar-refractivity contribution in [1.29, 1.82) is 0 Å². The molecule has 2 aromatic rings. The molecule has 0 saturated carbocycles. The molecule has 2 rings (SSSR count). The van der Waals surface area contributed by atoms with E-state index in [1.165, 1.54) is 10.7 Å².